The van der Waals surface area contributed by atoms with Crippen LogP contribution in [0.1, 0.15) is 28.4 Å². The summed E-state index contributed by atoms with van der Waals surface area (Å²) in [6.07, 6.45) is 6.73. The summed E-state index contributed by atoms with van der Waals surface area (Å²) >= 11 is 0. The normalized spacial score (nSPS) is 10.4. The molecule has 2 N–H and O–H groups in total. The molecule has 5 heteroatoms. The number of H-pyrrole nitrogens is 1. The lowest BCUT2D eigenvalue weighted by Gasteiger charge is -2.03. The Bertz CT molecular complexity index is 474. The summed E-state index contributed by atoms with van der Waals surface area (Å²) in [7, 11) is 0. The van der Waals surface area contributed by atoms with E-state index in [0.29, 0.717) is 17.9 Å². The van der Waals surface area contributed by atoms with Gasteiger partial charge in [0.25, 0.3) is 5.91 Å². The van der Waals surface area contributed by atoms with Crippen LogP contribution in [0, 0.1) is 6.92 Å². The van der Waals surface area contributed by atoms with Gasteiger partial charge in [-0.05, 0) is 19.4 Å². The topological polar surface area (TPSA) is 70.9 Å². The molecular formula is C12H15N3O2. The average Bonchev–Trinajstić information content (AvgIpc) is 2.95. The number of aromatic amines is 1. The fraction of sp³-hybridized carbons (Fsp3) is 0.333. The van der Waals surface area contributed by atoms with E-state index >= 15 is 0 Å². The SMILES string of the molecule is Cc1occc1C(=O)NCCCc1ncc[nH]1. The van der Waals surface area contributed by atoms with E-state index in [-0.39, 0.29) is 5.91 Å². The van der Waals surface area contributed by atoms with Crippen LogP contribution < -0.4 is 5.32 Å². The Hall–Kier alpha value is -2.04. The number of aryl methyl sites for hydroxylation is 2. The Kier molecular flexibility index (Phi) is 3.59. The highest BCUT2D eigenvalue weighted by Crippen LogP contribution is 2.07. The molecule has 0 atom stereocenters. The van der Waals surface area contributed by atoms with Crippen molar-refractivity contribution in [2.24, 2.45) is 0 Å². The minimum Gasteiger partial charge on any atom is -0.469 e. The van der Waals surface area contributed by atoms with Crippen molar-refractivity contribution in [2.75, 3.05) is 6.54 Å². The van der Waals surface area contributed by atoms with Crippen LogP contribution in [0.15, 0.2) is 29.1 Å². The zero-order valence-corrected chi connectivity index (χ0v) is 9.69. The molecule has 0 saturated carbocycles. The number of hydrogen-bond acceptors (Lipinski definition) is 3. The summed E-state index contributed by atoms with van der Waals surface area (Å²) in [6, 6.07) is 1.68. The predicted molar refractivity (Wildman–Crippen MR) is 62.7 cm³/mol. The first-order valence-corrected chi connectivity index (χ1v) is 5.58. The average molecular weight is 233 g/mol. The Morgan fingerprint density at radius 3 is 3.12 bits per heavy atom. The molecule has 2 aromatic rings. The molecule has 90 valence electrons. The van der Waals surface area contributed by atoms with Gasteiger partial charge in [-0.25, -0.2) is 4.98 Å². The number of nitrogens with one attached hydrogen (secondary N) is 2. The lowest BCUT2D eigenvalue weighted by Crippen LogP contribution is -2.25. The van der Waals surface area contributed by atoms with Crippen molar-refractivity contribution in [1.82, 2.24) is 15.3 Å². The quantitative estimate of drug-likeness (QED) is 0.772. The Labute approximate surface area is 99.2 Å². The van der Waals surface area contributed by atoms with E-state index in [1.54, 1.807) is 25.4 Å². The molecule has 2 heterocycles. The highest BCUT2D eigenvalue weighted by atomic mass is 16.3. The van der Waals surface area contributed by atoms with Crippen LogP contribution in [0.4, 0.5) is 0 Å². The molecule has 2 rings (SSSR count). The van der Waals surface area contributed by atoms with E-state index < -0.39 is 0 Å². The van der Waals surface area contributed by atoms with Crippen molar-refractivity contribution >= 4 is 5.91 Å². The predicted octanol–water partition coefficient (Wildman–Crippen LogP) is 1.67. The first kappa shape index (κ1) is 11.4. The van der Waals surface area contributed by atoms with Crippen LogP contribution in [0.2, 0.25) is 0 Å². The minimum absolute atomic E-state index is 0.0873. The van der Waals surface area contributed by atoms with Crippen LogP contribution in [-0.2, 0) is 6.42 Å². The van der Waals surface area contributed by atoms with Crippen molar-refractivity contribution in [3.05, 3.63) is 41.9 Å². The molecule has 0 unspecified atom stereocenters. The summed E-state index contributed by atoms with van der Waals surface area (Å²) in [6.45, 7) is 2.40. The first-order valence-electron chi connectivity index (χ1n) is 5.58. The number of hydrogen-bond donors (Lipinski definition) is 2. The fourth-order valence-electron chi connectivity index (χ4n) is 1.61. The third-order valence-corrected chi connectivity index (χ3v) is 2.53. The molecule has 0 spiro atoms. The summed E-state index contributed by atoms with van der Waals surface area (Å²) in [4.78, 5) is 18.8. The van der Waals surface area contributed by atoms with Crippen LogP contribution >= 0.6 is 0 Å². The first-order chi connectivity index (χ1) is 8.27. The van der Waals surface area contributed by atoms with E-state index in [0.717, 1.165) is 18.7 Å². The lowest BCUT2D eigenvalue weighted by molar-refractivity contribution is 0.0951. The van der Waals surface area contributed by atoms with E-state index in [1.165, 1.54) is 6.26 Å². The second-order valence-corrected chi connectivity index (χ2v) is 3.79. The third kappa shape index (κ3) is 2.96. The molecule has 0 bridgehead atoms. The van der Waals surface area contributed by atoms with Crippen molar-refractivity contribution in [1.29, 1.82) is 0 Å². The number of imidazole rings is 1. The summed E-state index contributed by atoms with van der Waals surface area (Å²) in [5, 5.41) is 2.85. The van der Waals surface area contributed by atoms with Crippen molar-refractivity contribution < 1.29 is 9.21 Å². The number of amides is 1. The number of nitrogens with zero attached hydrogens (tertiary/aromatic N) is 1. The second-order valence-electron chi connectivity index (χ2n) is 3.79. The van der Waals surface area contributed by atoms with Gasteiger partial charge < -0.3 is 14.7 Å². The van der Waals surface area contributed by atoms with Gasteiger partial charge >= 0.3 is 0 Å². The molecule has 0 aromatic carbocycles. The van der Waals surface area contributed by atoms with Crippen molar-refractivity contribution in [3.8, 4) is 0 Å². The van der Waals surface area contributed by atoms with Gasteiger partial charge in [0.1, 0.15) is 11.6 Å². The number of rotatable bonds is 5. The van der Waals surface area contributed by atoms with Crippen LogP contribution in [0.3, 0.4) is 0 Å². The highest BCUT2D eigenvalue weighted by molar-refractivity contribution is 5.94. The van der Waals surface area contributed by atoms with Gasteiger partial charge in [0.15, 0.2) is 0 Å². The Morgan fingerprint density at radius 2 is 2.47 bits per heavy atom. The van der Waals surface area contributed by atoms with Crippen molar-refractivity contribution in [2.45, 2.75) is 19.8 Å². The minimum atomic E-state index is -0.0873. The van der Waals surface area contributed by atoms with E-state index in [9.17, 15) is 4.79 Å². The van der Waals surface area contributed by atoms with Crippen LogP contribution in [-0.4, -0.2) is 22.4 Å². The Balaban J connectivity index is 1.72. The summed E-state index contributed by atoms with van der Waals surface area (Å²) in [5.41, 5.74) is 0.600. The number of furan rings is 1. The number of aromatic nitrogens is 2. The van der Waals surface area contributed by atoms with E-state index in [2.05, 4.69) is 15.3 Å². The van der Waals surface area contributed by atoms with Gasteiger partial charge in [-0.3, -0.25) is 4.79 Å². The summed E-state index contributed by atoms with van der Waals surface area (Å²) in [5.74, 6) is 1.50. The maximum atomic E-state index is 11.7. The van der Waals surface area contributed by atoms with E-state index in [1.807, 2.05) is 0 Å². The van der Waals surface area contributed by atoms with Crippen molar-refractivity contribution in [3.63, 3.8) is 0 Å². The largest absolute Gasteiger partial charge is 0.469 e. The molecule has 1 amide bonds. The molecule has 0 aliphatic carbocycles. The number of carbonyl (C=O) groups is 1. The van der Waals surface area contributed by atoms with Gasteiger partial charge in [-0.15, -0.1) is 0 Å². The van der Waals surface area contributed by atoms with Gasteiger partial charge in [-0.2, -0.15) is 0 Å². The third-order valence-electron chi connectivity index (χ3n) is 2.53. The number of carbonyl (C=O) groups excluding carboxylic acids is 1. The Morgan fingerprint density at radius 1 is 1.59 bits per heavy atom. The zero-order chi connectivity index (χ0) is 12.1. The molecular weight excluding hydrogens is 218 g/mol. The maximum Gasteiger partial charge on any atom is 0.254 e. The van der Waals surface area contributed by atoms with Crippen LogP contribution in [0.25, 0.3) is 0 Å². The standard InChI is InChI=1S/C12H15N3O2/c1-9-10(4-8-17-9)12(16)15-5-2-3-11-13-6-7-14-11/h4,6-8H,2-3,5H2,1H3,(H,13,14)(H,15,16). The smallest absolute Gasteiger partial charge is 0.254 e. The molecule has 0 fully saturated rings. The molecule has 0 saturated heterocycles. The molecule has 5 nitrogen and oxygen atoms in total. The molecule has 17 heavy (non-hydrogen) atoms. The highest BCUT2D eigenvalue weighted by Gasteiger charge is 2.10. The molecule has 0 aliphatic rings. The van der Waals surface area contributed by atoms with Gasteiger partial charge in [-0.1, -0.05) is 0 Å². The molecule has 0 radical (unpaired) electrons. The van der Waals surface area contributed by atoms with E-state index in [4.69, 9.17) is 4.42 Å². The van der Waals surface area contributed by atoms with Crippen LogP contribution in [0.5, 0.6) is 0 Å². The van der Waals surface area contributed by atoms with Gasteiger partial charge in [0, 0.05) is 25.4 Å². The monoisotopic (exact) mass is 233 g/mol. The fourth-order valence-corrected chi connectivity index (χ4v) is 1.61. The van der Waals surface area contributed by atoms with Gasteiger partial charge in [0.05, 0.1) is 11.8 Å². The molecule has 0 aliphatic heterocycles. The molecule has 2 aromatic heterocycles. The zero-order valence-electron chi connectivity index (χ0n) is 9.69. The summed E-state index contributed by atoms with van der Waals surface area (Å²) < 4.78 is 5.08. The maximum absolute atomic E-state index is 11.7. The second kappa shape index (κ2) is 5.34. The van der Waals surface area contributed by atoms with Gasteiger partial charge in [0.2, 0.25) is 0 Å². The lowest BCUT2D eigenvalue weighted by atomic mass is 10.2.